The van der Waals surface area contributed by atoms with Crippen molar-refractivity contribution in [2.24, 2.45) is 0 Å². The number of hydrogen-bond donors (Lipinski definition) is 0. The topological polar surface area (TPSA) is 0 Å². The Balaban J connectivity index is 1.87. The maximum absolute atomic E-state index is 12.7. The van der Waals surface area contributed by atoms with E-state index >= 15 is 0 Å². The first-order valence-electron chi connectivity index (χ1n) is 7.40. The molecule has 0 N–H and O–H groups in total. The summed E-state index contributed by atoms with van der Waals surface area (Å²) in [6.07, 6.45) is -5.23. The van der Waals surface area contributed by atoms with Crippen LogP contribution in [0.3, 0.4) is 0 Å². The van der Waals surface area contributed by atoms with Gasteiger partial charge in [-0.1, -0.05) is 0 Å². The molecule has 0 radical (unpaired) electrons. The number of alkyl halides is 6. The number of halogens is 8. The van der Waals surface area contributed by atoms with E-state index in [2.05, 4.69) is 25.5 Å². The van der Waals surface area contributed by atoms with Gasteiger partial charge < -0.3 is 0 Å². The van der Waals surface area contributed by atoms with Crippen LogP contribution in [0.4, 0.5) is 26.3 Å². The zero-order valence-electron chi connectivity index (χ0n) is 13.2. The van der Waals surface area contributed by atoms with Crippen molar-refractivity contribution in [1.82, 2.24) is 0 Å². The molecule has 1 aliphatic rings. The van der Waals surface area contributed by atoms with E-state index in [1.165, 1.54) is 24.3 Å². The van der Waals surface area contributed by atoms with Crippen molar-refractivity contribution in [3.8, 4) is 0 Å². The molecule has 0 atom stereocenters. The van der Waals surface area contributed by atoms with Gasteiger partial charge in [0.15, 0.2) is 0 Å². The molecule has 0 bridgehead atoms. The van der Waals surface area contributed by atoms with Crippen molar-refractivity contribution in [3.05, 3.63) is 82.9 Å². The van der Waals surface area contributed by atoms with Crippen LogP contribution in [0.2, 0.25) is 0 Å². The monoisotopic (exact) mass is 628 g/mol. The van der Waals surface area contributed by atoms with Crippen LogP contribution in [-0.2, 0) is 12.4 Å². The number of allylic oxidation sites excluding steroid dienone is 2. The molecule has 0 aromatic heterocycles. The van der Waals surface area contributed by atoms with E-state index in [-0.39, 0.29) is 0 Å². The molecule has 0 saturated carbocycles. The third-order valence-electron chi connectivity index (χ3n) is 3.93. The minimum atomic E-state index is -4.41. The Bertz CT molecular complexity index is 831. The molecule has 0 spiro atoms. The number of benzene rings is 2. The second-order valence-corrected chi connectivity index (χ2v) is 29.7. The van der Waals surface area contributed by atoms with Crippen molar-refractivity contribution in [1.29, 1.82) is 0 Å². The Kier molecular flexibility index (Phi) is 5.63. The van der Waals surface area contributed by atoms with E-state index < -0.39 is 37.2 Å². The van der Waals surface area contributed by atoms with Crippen LogP contribution in [0, 0.1) is 0 Å². The van der Waals surface area contributed by atoms with Crippen molar-refractivity contribution in [2.75, 3.05) is 0 Å². The third-order valence-corrected chi connectivity index (χ3v) is 18.6. The van der Waals surface area contributed by atoms with Gasteiger partial charge in [0.25, 0.3) is 0 Å². The molecule has 0 unspecified atom stereocenters. The van der Waals surface area contributed by atoms with Crippen molar-refractivity contribution in [2.45, 2.75) is 12.4 Å². The van der Waals surface area contributed by atoms with Gasteiger partial charge in [-0.2, -0.15) is 0 Å². The molecule has 27 heavy (non-hydrogen) atoms. The summed E-state index contributed by atoms with van der Waals surface area (Å²) >= 11 is 4.14. The molecular weight excluding hydrogens is 618 g/mol. The first kappa shape index (κ1) is 21.0. The van der Waals surface area contributed by atoms with Crippen molar-refractivity contribution in [3.63, 3.8) is 0 Å². The van der Waals surface area contributed by atoms with E-state index in [4.69, 9.17) is 0 Å². The SMILES string of the molecule is FC(F)(F)c1ccc(C2=CC=C(c3ccc(C(F)(F)F)cc3)[Te]2(Br)Br)cc1. The van der Waals surface area contributed by atoms with E-state index in [1.54, 1.807) is 12.2 Å². The summed E-state index contributed by atoms with van der Waals surface area (Å²) in [6, 6.07) is 9.69. The summed E-state index contributed by atoms with van der Waals surface area (Å²) in [6.45, 7) is 0. The zero-order valence-corrected chi connectivity index (χ0v) is 18.7. The van der Waals surface area contributed by atoms with Gasteiger partial charge in [-0.05, 0) is 0 Å². The van der Waals surface area contributed by atoms with Gasteiger partial charge in [0.05, 0.1) is 0 Å². The Morgan fingerprint density at radius 1 is 0.556 bits per heavy atom. The Morgan fingerprint density at radius 2 is 0.852 bits per heavy atom. The van der Waals surface area contributed by atoms with E-state index in [1.807, 2.05) is 0 Å². The number of rotatable bonds is 2. The molecule has 9 heteroatoms. The molecule has 0 fully saturated rings. The summed E-state index contributed by atoms with van der Waals surface area (Å²) in [5, 5.41) is 0. The molecule has 1 heterocycles. The fourth-order valence-electron chi connectivity index (χ4n) is 2.58. The van der Waals surface area contributed by atoms with E-state index in [0.717, 1.165) is 31.5 Å². The second kappa shape index (κ2) is 7.25. The molecule has 2 aromatic carbocycles. The fraction of sp³-hybridized carbons (Fsp3) is 0.111. The molecule has 0 aliphatic carbocycles. The predicted octanol–water partition coefficient (Wildman–Crippen LogP) is 7.52. The summed E-state index contributed by atoms with van der Waals surface area (Å²) in [5.41, 5.74) is -0.196. The molecule has 0 saturated heterocycles. The molecule has 0 nitrogen and oxygen atoms in total. The Labute approximate surface area is 167 Å². The normalized spacial score (nSPS) is 18.1. The average molecular weight is 628 g/mol. The maximum atomic E-state index is 12.7. The Hall–Kier alpha value is -0.750. The van der Waals surface area contributed by atoms with Gasteiger partial charge in [0.2, 0.25) is 0 Å². The van der Waals surface area contributed by atoms with Crippen LogP contribution in [0.25, 0.3) is 7.24 Å². The van der Waals surface area contributed by atoms with Gasteiger partial charge in [-0.25, -0.2) is 0 Å². The fourth-order valence-corrected chi connectivity index (χ4v) is 15.0. The second-order valence-electron chi connectivity index (χ2n) is 5.68. The van der Waals surface area contributed by atoms with Gasteiger partial charge in [-0.15, -0.1) is 0 Å². The van der Waals surface area contributed by atoms with Gasteiger partial charge in [0.1, 0.15) is 0 Å². The number of hydrogen-bond acceptors (Lipinski definition) is 0. The molecule has 3 rings (SSSR count). The van der Waals surface area contributed by atoms with E-state index in [0.29, 0.717) is 11.1 Å². The van der Waals surface area contributed by atoms with Crippen LogP contribution in [-0.4, -0.2) is 13.8 Å². The van der Waals surface area contributed by atoms with Gasteiger partial charge >= 0.3 is 168 Å². The zero-order chi connectivity index (χ0) is 20.0. The average Bonchev–Trinajstić information content (AvgIpc) is 2.88. The molecular formula is C18H10Br2F6Te. The van der Waals surface area contributed by atoms with Crippen LogP contribution < -0.4 is 0 Å². The predicted molar refractivity (Wildman–Crippen MR) is 102 cm³/mol. The standard InChI is InChI=1S/C18H10Br2F6Te/c19-27(20)15(11-1-5-13(6-2-11)17(21,22)23)9-10-16(27)12-3-7-14(8-4-12)18(24,25)26/h1-10H. The van der Waals surface area contributed by atoms with Crippen LogP contribution in [0.1, 0.15) is 22.3 Å². The summed E-state index contributed by atoms with van der Waals surface area (Å²) < 4.78 is 78.1. The van der Waals surface area contributed by atoms with Crippen LogP contribution >= 0.6 is 25.5 Å². The van der Waals surface area contributed by atoms with Crippen LogP contribution in [0.5, 0.6) is 0 Å². The van der Waals surface area contributed by atoms with Crippen LogP contribution in [0.15, 0.2) is 60.7 Å². The first-order chi connectivity index (χ1) is 12.4. The first-order valence-corrected chi connectivity index (χ1v) is 20.2. The summed E-state index contributed by atoms with van der Waals surface area (Å²) in [7, 11) is 0. The molecule has 1 aliphatic heterocycles. The summed E-state index contributed by atoms with van der Waals surface area (Å²) in [5.74, 6) is 0. The van der Waals surface area contributed by atoms with Crippen molar-refractivity contribution >= 4 is 46.5 Å². The molecule has 144 valence electrons. The quantitative estimate of drug-likeness (QED) is 0.239. The summed E-state index contributed by atoms with van der Waals surface area (Å²) in [4.78, 5) is 0. The molecule has 2 aromatic rings. The van der Waals surface area contributed by atoms with Gasteiger partial charge in [-0.3, -0.25) is 0 Å². The minimum absolute atomic E-state index is 0.635. The third kappa shape index (κ3) is 4.31. The molecule has 0 amide bonds. The Morgan fingerprint density at radius 3 is 1.11 bits per heavy atom. The van der Waals surface area contributed by atoms with Crippen molar-refractivity contribution < 1.29 is 26.3 Å². The van der Waals surface area contributed by atoms with Gasteiger partial charge in [0, 0.05) is 0 Å². The van der Waals surface area contributed by atoms with E-state index in [9.17, 15) is 26.3 Å².